The topological polar surface area (TPSA) is 24.5 Å². The number of hydrogen-bond donors (Lipinski definition) is 1. The highest BCUT2D eigenvalue weighted by atomic mass is 16.5. The summed E-state index contributed by atoms with van der Waals surface area (Å²) in [6.07, 6.45) is 8.28. The quantitative estimate of drug-likeness (QED) is 0.920. The zero-order valence-electron chi connectivity index (χ0n) is 13.8. The third kappa shape index (κ3) is 2.96. The number of ether oxygens (including phenoxy) is 1. The Morgan fingerprint density at radius 3 is 2.50 bits per heavy atom. The van der Waals surface area contributed by atoms with Crippen molar-refractivity contribution in [3.8, 4) is 5.75 Å². The number of nitrogens with zero attached hydrogens (tertiary/aromatic N) is 1. The molecular weight excluding hydrogens is 272 g/mol. The molecule has 3 heteroatoms. The highest BCUT2D eigenvalue weighted by molar-refractivity contribution is 5.51. The number of benzene rings is 1. The van der Waals surface area contributed by atoms with Gasteiger partial charge in [0.25, 0.3) is 0 Å². The van der Waals surface area contributed by atoms with Gasteiger partial charge in [-0.2, -0.15) is 0 Å². The smallest absolute Gasteiger partial charge is 0.119 e. The molecule has 1 aromatic rings. The van der Waals surface area contributed by atoms with Gasteiger partial charge in [0, 0.05) is 29.9 Å². The van der Waals surface area contributed by atoms with E-state index in [9.17, 15) is 0 Å². The van der Waals surface area contributed by atoms with E-state index < -0.39 is 0 Å². The van der Waals surface area contributed by atoms with Crippen molar-refractivity contribution in [2.24, 2.45) is 0 Å². The first-order chi connectivity index (χ1) is 10.6. The zero-order valence-corrected chi connectivity index (χ0v) is 13.8. The average molecular weight is 300 g/mol. The molecule has 2 saturated carbocycles. The van der Waals surface area contributed by atoms with Crippen LogP contribution in [0.15, 0.2) is 24.3 Å². The van der Waals surface area contributed by atoms with Crippen molar-refractivity contribution in [2.45, 2.75) is 76.1 Å². The van der Waals surface area contributed by atoms with Gasteiger partial charge in [-0.1, -0.05) is 12.8 Å². The van der Waals surface area contributed by atoms with Crippen molar-refractivity contribution >= 4 is 5.69 Å². The third-order valence-corrected chi connectivity index (χ3v) is 5.27. The van der Waals surface area contributed by atoms with Gasteiger partial charge >= 0.3 is 0 Å². The summed E-state index contributed by atoms with van der Waals surface area (Å²) in [5.74, 6) is 1.03. The molecule has 4 rings (SSSR count). The molecule has 1 saturated heterocycles. The maximum atomic E-state index is 5.88. The Balaban J connectivity index is 1.55. The fraction of sp³-hybridized carbons (Fsp3) is 0.684. The van der Waals surface area contributed by atoms with Crippen LogP contribution in [0.25, 0.3) is 0 Å². The lowest BCUT2D eigenvalue weighted by Crippen LogP contribution is -2.67. The maximum Gasteiger partial charge on any atom is 0.119 e. The van der Waals surface area contributed by atoms with Crippen molar-refractivity contribution in [3.63, 3.8) is 0 Å². The molecule has 1 aromatic carbocycles. The monoisotopic (exact) mass is 300 g/mol. The molecule has 3 nitrogen and oxygen atoms in total. The summed E-state index contributed by atoms with van der Waals surface area (Å²) in [5.41, 5.74) is 1.54. The lowest BCUT2D eigenvalue weighted by molar-refractivity contribution is 0.199. The van der Waals surface area contributed by atoms with E-state index in [4.69, 9.17) is 4.74 Å². The molecule has 3 fully saturated rings. The van der Waals surface area contributed by atoms with E-state index in [0.717, 1.165) is 12.3 Å². The van der Waals surface area contributed by atoms with Gasteiger partial charge in [0.05, 0.1) is 6.10 Å². The SMILES string of the molecule is CC1(C)CN(c2ccc(OC3CC3)cc2)[C@H]2CCCC[C@H]2N1. The van der Waals surface area contributed by atoms with Crippen molar-refractivity contribution in [3.05, 3.63) is 24.3 Å². The number of hydrogen-bond acceptors (Lipinski definition) is 3. The summed E-state index contributed by atoms with van der Waals surface area (Å²) in [6, 6.07) is 10.1. The number of anilines is 1. The van der Waals surface area contributed by atoms with Gasteiger partial charge in [0.15, 0.2) is 0 Å². The predicted molar refractivity (Wildman–Crippen MR) is 90.7 cm³/mol. The normalized spacial score (nSPS) is 30.7. The lowest BCUT2D eigenvalue weighted by atomic mass is 9.83. The van der Waals surface area contributed by atoms with E-state index in [2.05, 4.69) is 48.3 Å². The Morgan fingerprint density at radius 2 is 1.77 bits per heavy atom. The molecule has 2 aliphatic carbocycles. The largest absolute Gasteiger partial charge is 0.490 e. The van der Waals surface area contributed by atoms with Crippen LogP contribution < -0.4 is 15.0 Å². The van der Waals surface area contributed by atoms with Crippen molar-refractivity contribution in [1.82, 2.24) is 5.32 Å². The Kier molecular flexibility index (Phi) is 3.56. The van der Waals surface area contributed by atoms with Gasteiger partial charge in [0.1, 0.15) is 5.75 Å². The molecule has 120 valence electrons. The number of rotatable bonds is 3. The first-order valence-corrected chi connectivity index (χ1v) is 8.92. The molecule has 0 radical (unpaired) electrons. The van der Waals surface area contributed by atoms with E-state index in [0.29, 0.717) is 18.2 Å². The molecule has 1 aliphatic heterocycles. The van der Waals surface area contributed by atoms with Crippen LogP contribution in [0.4, 0.5) is 5.69 Å². The zero-order chi connectivity index (χ0) is 15.2. The van der Waals surface area contributed by atoms with Gasteiger partial charge in [-0.3, -0.25) is 0 Å². The Hall–Kier alpha value is -1.22. The van der Waals surface area contributed by atoms with Crippen LogP contribution in [0.3, 0.4) is 0 Å². The predicted octanol–water partition coefficient (Wildman–Crippen LogP) is 3.73. The lowest BCUT2D eigenvalue weighted by Gasteiger charge is -2.52. The second-order valence-electron chi connectivity index (χ2n) is 7.93. The molecule has 0 spiro atoms. The number of piperazine rings is 1. The van der Waals surface area contributed by atoms with Gasteiger partial charge < -0.3 is 15.0 Å². The Bertz CT molecular complexity index is 521. The van der Waals surface area contributed by atoms with Crippen LogP contribution in [-0.4, -0.2) is 30.3 Å². The molecule has 0 amide bonds. The maximum absolute atomic E-state index is 5.88. The molecule has 1 heterocycles. The van der Waals surface area contributed by atoms with E-state index in [-0.39, 0.29) is 5.54 Å². The summed E-state index contributed by atoms with van der Waals surface area (Å²) in [7, 11) is 0. The van der Waals surface area contributed by atoms with Crippen molar-refractivity contribution in [1.29, 1.82) is 0 Å². The van der Waals surface area contributed by atoms with Crippen molar-refractivity contribution in [2.75, 3.05) is 11.4 Å². The summed E-state index contributed by atoms with van der Waals surface area (Å²) in [4.78, 5) is 2.64. The number of nitrogens with one attached hydrogen (secondary N) is 1. The van der Waals surface area contributed by atoms with Gasteiger partial charge in [-0.15, -0.1) is 0 Å². The molecule has 0 bridgehead atoms. The van der Waals surface area contributed by atoms with Crippen LogP contribution >= 0.6 is 0 Å². The van der Waals surface area contributed by atoms with Crippen LogP contribution in [0.5, 0.6) is 5.75 Å². The molecule has 22 heavy (non-hydrogen) atoms. The Morgan fingerprint density at radius 1 is 1.05 bits per heavy atom. The second-order valence-corrected chi connectivity index (χ2v) is 7.93. The first kappa shape index (κ1) is 14.4. The molecule has 1 N–H and O–H groups in total. The van der Waals surface area contributed by atoms with Crippen LogP contribution in [0.1, 0.15) is 52.4 Å². The van der Waals surface area contributed by atoms with E-state index in [1.165, 1.54) is 44.2 Å². The standard InChI is InChI=1S/C19H28N2O/c1-19(2)13-21(18-6-4-3-5-17(18)20-19)14-7-9-15(10-8-14)22-16-11-12-16/h7-10,16-18,20H,3-6,11-13H2,1-2H3/t17-,18+/m1/s1. The second kappa shape index (κ2) is 5.45. The molecule has 0 aromatic heterocycles. The minimum atomic E-state index is 0.182. The average Bonchev–Trinajstić information content (AvgIpc) is 3.30. The highest BCUT2D eigenvalue weighted by Crippen LogP contribution is 2.35. The van der Waals surface area contributed by atoms with Crippen LogP contribution in [0.2, 0.25) is 0 Å². The fourth-order valence-corrected chi connectivity index (χ4v) is 4.12. The summed E-state index contributed by atoms with van der Waals surface area (Å²) < 4.78 is 5.88. The van der Waals surface area contributed by atoms with Crippen molar-refractivity contribution < 1.29 is 4.74 Å². The number of fused-ring (bicyclic) bond motifs is 1. The molecule has 0 unspecified atom stereocenters. The summed E-state index contributed by atoms with van der Waals surface area (Å²) in [5, 5.41) is 3.87. The minimum Gasteiger partial charge on any atom is -0.490 e. The minimum absolute atomic E-state index is 0.182. The summed E-state index contributed by atoms with van der Waals surface area (Å²) >= 11 is 0. The van der Waals surface area contributed by atoms with Gasteiger partial charge in [-0.05, 0) is 63.8 Å². The third-order valence-electron chi connectivity index (χ3n) is 5.27. The van der Waals surface area contributed by atoms with E-state index >= 15 is 0 Å². The van der Waals surface area contributed by atoms with E-state index in [1.54, 1.807) is 0 Å². The van der Waals surface area contributed by atoms with Crippen LogP contribution in [-0.2, 0) is 0 Å². The molecular formula is C19H28N2O. The fourth-order valence-electron chi connectivity index (χ4n) is 4.12. The molecule has 2 atom stereocenters. The first-order valence-electron chi connectivity index (χ1n) is 8.92. The Labute approximate surface area is 134 Å². The van der Waals surface area contributed by atoms with E-state index in [1.807, 2.05) is 0 Å². The highest BCUT2D eigenvalue weighted by Gasteiger charge is 2.40. The summed E-state index contributed by atoms with van der Waals surface area (Å²) in [6.45, 7) is 5.74. The van der Waals surface area contributed by atoms with Gasteiger partial charge in [0.2, 0.25) is 0 Å². The molecule has 3 aliphatic rings. The van der Waals surface area contributed by atoms with Gasteiger partial charge in [-0.25, -0.2) is 0 Å². The van der Waals surface area contributed by atoms with Crippen LogP contribution in [0, 0.1) is 0 Å².